The molecule has 0 heterocycles. The zero-order chi connectivity index (χ0) is 5.11. The summed E-state index contributed by atoms with van der Waals surface area (Å²) in [6.07, 6.45) is 7.70. The molecule has 0 bridgehead atoms. The van der Waals surface area contributed by atoms with E-state index in [1.807, 2.05) is 0 Å². The average molecular weight is 288 g/mol. The second-order valence-electron chi connectivity index (χ2n) is 2.40. The zero-order valence-electron chi connectivity index (χ0n) is 4.69. The Bertz CT molecular complexity index is 46.1. The predicted octanol–water partition coefficient (Wildman–Crippen LogP) is 1.91. The summed E-state index contributed by atoms with van der Waals surface area (Å²) in [5.41, 5.74) is 0. The summed E-state index contributed by atoms with van der Waals surface area (Å²) >= 11 is 1.27. The van der Waals surface area contributed by atoms with Crippen LogP contribution in [0.3, 0.4) is 0 Å². The Kier molecular flexibility index (Phi) is 2.64. The molecule has 1 saturated carbocycles. The van der Waals surface area contributed by atoms with Gasteiger partial charge in [0.25, 0.3) is 0 Å². The molecule has 0 aromatic heterocycles. The quantitative estimate of drug-likeness (QED) is 0.597. The first-order valence-corrected chi connectivity index (χ1v) is 5.74. The van der Waals surface area contributed by atoms with Crippen LogP contribution in [0.2, 0.25) is 3.48 Å². The third kappa shape index (κ3) is 2.11. The van der Waals surface area contributed by atoms with Gasteiger partial charge in [-0.05, 0) is 0 Å². The van der Waals surface area contributed by atoms with Gasteiger partial charge in [0.2, 0.25) is 0 Å². The van der Waals surface area contributed by atoms with Crippen molar-refractivity contribution < 1.29 is 0 Å². The van der Waals surface area contributed by atoms with Gasteiger partial charge in [-0.15, -0.1) is 0 Å². The maximum absolute atomic E-state index is 1.56. The Hall–Kier alpha value is 0.922. The topological polar surface area (TPSA) is 0 Å². The van der Waals surface area contributed by atoms with Crippen molar-refractivity contribution in [1.82, 2.24) is 0 Å². The second-order valence-corrected chi connectivity index (χ2v) is 6.06. The summed E-state index contributed by atoms with van der Waals surface area (Å²) in [7, 11) is 0. The first-order valence-electron chi connectivity index (χ1n) is 3.15. The van der Waals surface area contributed by atoms with E-state index in [2.05, 4.69) is 0 Å². The fraction of sp³-hybridized carbons (Fsp3) is 1.00. The van der Waals surface area contributed by atoms with E-state index in [0.29, 0.717) is 0 Å². The van der Waals surface area contributed by atoms with E-state index in [4.69, 9.17) is 0 Å². The normalized spacial score (nSPS) is 25.0. The van der Waals surface area contributed by atoms with Crippen LogP contribution in [0, 0.1) is 0 Å². The van der Waals surface area contributed by atoms with Crippen molar-refractivity contribution in [3.05, 3.63) is 0 Å². The molecule has 38 valence electrons. The molecule has 0 spiro atoms. The molecular weight excluding hydrogens is 276 g/mol. The molecule has 0 radical (unpaired) electrons. The van der Waals surface area contributed by atoms with E-state index in [1.165, 1.54) is 48.5 Å². The molecule has 1 aliphatic rings. The third-order valence-electron chi connectivity index (χ3n) is 1.65. The molecule has 0 nitrogen and oxygen atoms in total. The minimum absolute atomic E-state index is 1.20. The Morgan fingerprint density at radius 3 is 1.86 bits per heavy atom. The Morgan fingerprint density at radius 1 is 1.00 bits per heavy atom. The molecule has 0 atom stereocenters. The van der Waals surface area contributed by atoms with Crippen LogP contribution < -0.4 is 0 Å². The van der Waals surface area contributed by atoms with Crippen LogP contribution in [0.5, 0.6) is 0 Å². The fourth-order valence-corrected chi connectivity index (χ4v) is 2.97. The molecule has 1 rings (SSSR count). The Labute approximate surface area is 61.4 Å². The van der Waals surface area contributed by atoms with E-state index in [9.17, 15) is 0 Å². The molecule has 7 heavy (non-hydrogen) atoms. The molecule has 0 aliphatic heterocycles. The zero-order valence-corrected chi connectivity index (χ0v) is 9.18. The Balaban J connectivity index is 2.12. The summed E-state index contributed by atoms with van der Waals surface area (Å²) in [6.45, 7) is 0. The van der Waals surface area contributed by atoms with Crippen LogP contribution in [-0.2, 0) is 0 Å². The average Bonchev–Trinajstić information content (AvgIpc) is 1.69. The van der Waals surface area contributed by atoms with Crippen LogP contribution >= 0.6 is 0 Å². The van der Waals surface area contributed by atoms with E-state index >= 15 is 0 Å². The molecule has 1 heteroatoms. The standard InChI is InChI=1S/C6H11.Tl/c1-2-4-6-5-3-1;/h1H,2-6H2;. The van der Waals surface area contributed by atoms with E-state index in [1.54, 1.807) is 12.8 Å². The van der Waals surface area contributed by atoms with Crippen molar-refractivity contribution in [1.29, 1.82) is 0 Å². The van der Waals surface area contributed by atoms with Crippen molar-refractivity contribution in [3.63, 3.8) is 0 Å². The minimum atomic E-state index is 1.20. The summed E-state index contributed by atoms with van der Waals surface area (Å²) < 4.78 is 1.20. The van der Waals surface area contributed by atoms with Crippen LogP contribution in [0.1, 0.15) is 32.1 Å². The molecule has 0 N–H and O–H groups in total. The fourth-order valence-electron chi connectivity index (χ4n) is 1.13. The first kappa shape index (κ1) is 6.05. The molecule has 0 saturated heterocycles. The van der Waals surface area contributed by atoms with E-state index in [-0.39, 0.29) is 0 Å². The molecule has 0 amide bonds. The number of hydrogen-bond acceptors (Lipinski definition) is 0. The van der Waals surface area contributed by atoms with Gasteiger partial charge < -0.3 is 0 Å². The number of rotatable bonds is 0. The summed E-state index contributed by atoms with van der Waals surface area (Å²) in [5, 5.41) is 0. The molecular formula is C6H11Tl. The van der Waals surface area contributed by atoms with Crippen molar-refractivity contribution in [2.24, 2.45) is 0 Å². The van der Waals surface area contributed by atoms with E-state index < -0.39 is 0 Å². The Morgan fingerprint density at radius 2 is 1.57 bits per heavy atom. The maximum atomic E-state index is 1.56. The molecule has 1 fully saturated rings. The van der Waals surface area contributed by atoms with Crippen molar-refractivity contribution in [2.45, 2.75) is 35.6 Å². The number of hydrogen-bond donors (Lipinski definition) is 0. The molecule has 0 unspecified atom stereocenters. The van der Waals surface area contributed by atoms with Crippen LogP contribution in [-0.4, -0.2) is 25.8 Å². The predicted molar refractivity (Wildman–Crippen MR) is 32.6 cm³/mol. The van der Waals surface area contributed by atoms with Gasteiger partial charge in [0, 0.05) is 0 Å². The SMILES string of the molecule is [Tl][CH]1CCCCC1. The third-order valence-corrected chi connectivity index (χ3v) is 4.24. The second kappa shape index (κ2) is 3.05. The van der Waals surface area contributed by atoms with Gasteiger partial charge in [0.1, 0.15) is 0 Å². The van der Waals surface area contributed by atoms with Crippen LogP contribution in [0.4, 0.5) is 0 Å². The van der Waals surface area contributed by atoms with Gasteiger partial charge in [-0.25, -0.2) is 0 Å². The molecule has 1 aliphatic carbocycles. The van der Waals surface area contributed by atoms with Gasteiger partial charge in [0.05, 0.1) is 0 Å². The molecule has 0 aromatic rings. The van der Waals surface area contributed by atoms with Gasteiger partial charge in [-0.3, -0.25) is 0 Å². The summed E-state index contributed by atoms with van der Waals surface area (Å²) in [4.78, 5) is 0. The van der Waals surface area contributed by atoms with Crippen LogP contribution in [0.15, 0.2) is 0 Å². The van der Waals surface area contributed by atoms with Crippen molar-refractivity contribution in [2.75, 3.05) is 0 Å². The monoisotopic (exact) mass is 288 g/mol. The molecule has 0 aromatic carbocycles. The van der Waals surface area contributed by atoms with Crippen molar-refractivity contribution in [3.8, 4) is 0 Å². The summed E-state index contributed by atoms with van der Waals surface area (Å²) in [6, 6.07) is 0. The van der Waals surface area contributed by atoms with Crippen molar-refractivity contribution >= 4 is 25.8 Å². The van der Waals surface area contributed by atoms with Gasteiger partial charge in [0.15, 0.2) is 0 Å². The van der Waals surface area contributed by atoms with Gasteiger partial charge >= 0.3 is 61.3 Å². The van der Waals surface area contributed by atoms with Crippen LogP contribution in [0.25, 0.3) is 0 Å². The van der Waals surface area contributed by atoms with Gasteiger partial charge in [-0.2, -0.15) is 0 Å². The van der Waals surface area contributed by atoms with Gasteiger partial charge in [-0.1, -0.05) is 0 Å². The van der Waals surface area contributed by atoms with E-state index in [0.717, 1.165) is 0 Å². The summed E-state index contributed by atoms with van der Waals surface area (Å²) in [5.74, 6) is 0. The first-order chi connectivity index (χ1) is 3.39.